The quantitative estimate of drug-likeness (QED) is 0.660. The standard InChI is InChI=1S/C17H22N2O3S/c1-5-9-19-11(2)14(16(20)22-4)15(18-17(19)23)12-7-6-8-13(10-12)21-3/h6-8,10,15H,5,9H2,1-4H3,(H,18,23). The van der Waals surface area contributed by atoms with Crippen LogP contribution in [0.5, 0.6) is 5.75 Å². The summed E-state index contributed by atoms with van der Waals surface area (Å²) in [6.07, 6.45) is 0.928. The Hall–Kier alpha value is -2.08. The number of rotatable bonds is 5. The van der Waals surface area contributed by atoms with Crippen molar-refractivity contribution in [3.63, 3.8) is 0 Å². The second-order valence-corrected chi connectivity index (χ2v) is 5.69. The van der Waals surface area contributed by atoms with Crippen LogP contribution in [0.25, 0.3) is 0 Å². The number of hydrogen-bond acceptors (Lipinski definition) is 4. The molecule has 1 aliphatic rings. The van der Waals surface area contributed by atoms with Gasteiger partial charge in [-0.15, -0.1) is 0 Å². The first kappa shape index (κ1) is 17.3. The molecule has 1 heterocycles. The lowest BCUT2D eigenvalue weighted by Gasteiger charge is -2.37. The van der Waals surface area contributed by atoms with Crippen LogP contribution >= 0.6 is 12.2 Å². The van der Waals surface area contributed by atoms with Gasteiger partial charge < -0.3 is 19.7 Å². The molecule has 124 valence electrons. The van der Waals surface area contributed by atoms with Gasteiger partial charge in [-0.2, -0.15) is 0 Å². The number of allylic oxidation sites excluding steroid dienone is 1. The number of ether oxygens (including phenoxy) is 2. The maximum atomic E-state index is 12.4. The fraction of sp³-hybridized carbons (Fsp3) is 0.412. The summed E-state index contributed by atoms with van der Waals surface area (Å²) in [4.78, 5) is 14.3. The zero-order chi connectivity index (χ0) is 17.0. The van der Waals surface area contributed by atoms with Crippen molar-refractivity contribution in [2.75, 3.05) is 20.8 Å². The molecular formula is C17H22N2O3S. The first-order chi connectivity index (χ1) is 11.0. The van der Waals surface area contributed by atoms with Crippen molar-refractivity contribution in [3.8, 4) is 5.75 Å². The maximum Gasteiger partial charge on any atom is 0.337 e. The summed E-state index contributed by atoms with van der Waals surface area (Å²) in [5.74, 6) is 0.375. The van der Waals surface area contributed by atoms with Gasteiger partial charge in [-0.25, -0.2) is 4.79 Å². The molecule has 0 fully saturated rings. The molecule has 1 aliphatic heterocycles. The second-order valence-electron chi connectivity index (χ2n) is 5.30. The molecule has 0 spiro atoms. The fourth-order valence-electron chi connectivity index (χ4n) is 2.72. The highest BCUT2D eigenvalue weighted by molar-refractivity contribution is 7.80. The normalized spacial score (nSPS) is 17.8. The molecule has 2 rings (SSSR count). The van der Waals surface area contributed by atoms with Gasteiger partial charge in [0.05, 0.1) is 25.8 Å². The molecule has 1 aromatic rings. The van der Waals surface area contributed by atoms with Crippen LogP contribution in [0.1, 0.15) is 31.9 Å². The van der Waals surface area contributed by atoms with E-state index in [-0.39, 0.29) is 12.0 Å². The summed E-state index contributed by atoms with van der Waals surface area (Å²) in [5, 5.41) is 3.87. The number of carbonyl (C=O) groups excluding carboxylic acids is 1. The van der Waals surface area contributed by atoms with Gasteiger partial charge in [0.1, 0.15) is 5.75 Å². The molecule has 0 radical (unpaired) electrons. The minimum atomic E-state index is -0.355. The van der Waals surface area contributed by atoms with Crippen molar-refractivity contribution in [2.24, 2.45) is 0 Å². The van der Waals surface area contributed by atoms with E-state index in [2.05, 4.69) is 12.2 Å². The van der Waals surface area contributed by atoms with Gasteiger partial charge in [-0.05, 0) is 43.3 Å². The third-order valence-electron chi connectivity index (χ3n) is 3.88. The number of nitrogens with one attached hydrogen (secondary N) is 1. The Bertz CT molecular complexity index is 642. The van der Waals surface area contributed by atoms with Crippen LogP contribution in [0.2, 0.25) is 0 Å². The second kappa shape index (κ2) is 7.46. The Morgan fingerprint density at radius 1 is 1.39 bits per heavy atom. The van der Waals surface area contributed by atoms with Crippen molar-refractivity contribution >= 4 is 23.3 Å². The van der Waals surface area contributed by atoms with Crippen molar-refractivity contribution in [1.82, 2.24) is 10.2 Å². The van der Waals surface area contributed by atoms with E-state index in [1.54, 1.807) is 7.11 Å². The van der Waals surface area contributed by atoms with Crippen LogP contribution in [-0.4, -0.2) is 36.7 Å². The van der Waals surface area contributed by atoms with E-state index >= 15 is 0 Å². The zero-order valence-corrected chi connectivity index (χ0v) is 14.7. The first-order valence-corrected chi connectivity index (χ1v) is 7.95. The van der Waals surface area contributed by atoms with E-state index in [1.165, 1.54) is 7.11 Å². The highest BCUT2D eigenvalue weighted by atomic mass is 32.1. The Balaban J connectivity index is 2.52. The van der Waals surface area contributed by atoms with E-state index in [4.69, 9.17) is 21.7 Å². The van der Waals surface area contributed by atoms with E-state index in [9.17, 15) is 4.79 Å². The van der Waals surface area contributed by atoms with Crippen molar-refractivity contribution in [2.45, 2.75) is 26.3 Å². The molecule has 6 heteroatoms. The number of carbonyl (C=O) groups is 1. The van der Waals surface area contributed by atoms with Gasteiger partial charge in [-0.3, -0.25) is 0 Å². The van der Waals surface area contributed by atoms with E-state index in [0.717, 1.165) is 30.0 Å². The Kier molecular flexibility index (Phi) is 5.60. The van der Waals surface area contributed by atoms with Crippen LogP contribution < -0.4 is 10.1 Å². The summed E-state index contributed by atoms with van der Waals surface area (Å²) < 4.78 is 10.3. The maximum absolute atomic E-state index is 12.4. The third kappa shape index (κ3) is 3.47. The van der Waals surface area contributed by atoms with Gasteiger partial charge >= 0.3 is 5.97 Å². The Morgan fingerprint density at radius 2 is 2.13 bits per heavy atom. The van der Waals surface area contributed by atoms with Crippen molar-refractivity contribution < 1.29 is 14.3 Å². The molecule has 1 unspecified atom stereocenters. The van der Waals surface area contributed by atoms with E-state index in [0.29, 0.717) is 10.7 Å². The lowest BCUT2D eigenvalue weighted by atomic mass is 9.95. The third-order valence-corrected chi connectivity index (χ3v) is 4.21. The topological polar surface area (TPSA) is 50.8 Å². The fourth-order valence-corrected chi connectivity index (χ4v) is 3.07. The number of nitrogens with zero attached hydrogens (tertiary/aromatic N) is 1. The monoisotopic (exact) mass is 334 g/mol. The van der Waals surface area contributed by atoms with Crippen LogP contribution in [-0.2, 0) is 9.53 Å². The average molecular weight is 334 g/mol. The number of hydrogen-bond donors (Lipinski definition) is 1. The molecule has 0 aromatic heterocycles. The average Bonchev–Trinajstić information content (AvgIpc) is 2.57. The molecule has 1 N–H and O–H groups in total. The summed E-state index contributed by atoms with van der Waals surface area (Å²) in [5.41, 5.74) is 2.31. The SMILES string of the molecule is CCCN1C(=S)NC(c2cccc(OC)c2)C(C(=O)OC)=C1C. The molecule has 5 nitrogen and oxygen atoms in total. The predicted octanol–water partition coefficient (Wildman–Crippen LogP) is 2.78. The van der Waals surface area contributed by atoms with E-state index in [1.807, 2.05) is 36.1 Å². The summed E-state index contributed by atoms with van der Waals surface area (Å²) in [6, 6.07) is 7.24. The van der Waals surface area contributed by atoms with Gasteiger partial charge in [-0.1, -0.05) is 19.1 Å². The van der Waals surface area contributed by atoms with Gasteiger partial charge in [0, 0.05) is 12.2 Å². The molecular weight excluding hydrogens is 312 g/mol. The first-order valence-electron chi connectivity index (χ1n) is 7.54. The van der Waals surface area contributed by atoms with Crippen LogP contribution in [0, 0.1) is 0 Å². The lowest BCUT2D eigenvalue weighted by molar-refractivity contribution is -0.136. The van der Waals surface area contributed by atoms with Gasteiger partial charge in [0.15, 0.2) is 5.11 Å². The highest BCUT2D eigenvalue weighted by Crippen LogP contribution is 2.32. The van der Waals surface area contributed by atoms with Crippen LogP contribution in [0.4, 0.5) is 0 Å². The summed E-state index contributed by atoms with van der Waals surface area (Å²) in [6.45, 7) is 4.73. The highest BCUT2D eigenvalue weighted by Gasteiger charge is 2.34. The smallest absolute Gasteiger partial charge is 0.337 e. The summed E-state index contributed by atoms with van der Waals surface area (Å²) >= 11 is 5.48. The number of methoxy groups -OCH3 is 2. The number of thiocarbonyl (C=S) groups is 1. The molecule has 23 heavy (non-hydrogen) atoms. The minimum Gasteiger partial charge on any atom is -0.497 e. The Morgan fingerprint density at radius 3 is 2.74 bits per heavy atom. The Labute approximate surface area is 142 Å². The predicted molar refractivity (Wildman–Crippen MR) is 93.2 cm³/mol. The molecule has 1 atom stereocenters. The zero-order valence-electron chi connectivity index (χ0n) is 13.9. The largest absolute Gasteiger partial charge is 0.497 e. The van der Waals surface area contributed by atoms with Gasteiger partial charge in [0.2, 0.25) is 0 Å². The number of esters is 1. The molecule has 1 aromatic carbocycles. The summed E-state index contributed by atoms with van der Waals surface area (Å²) in [7, 11) is 3.01. The van der Waals surface area contributed by atoms with Crippen LogP contribution in [0.3, 0.4) is 0 Å². The molecule has 0 bridgehead atoms. The van der Waals surface area contributed by atoms with E-state index < -0.39 is 0 Å². The molecule has 0 saturated carbocycles. The number of benzene rings is 1. The van der Waals surface area contributed by atoms with Crippen LogP contribution in [0.15, 0.2) is 35.5 Å². The molecule has 0 aliphatic carbocycles. The lowest BCUT2D eigenvalue weighted by Crippen LogP contribution is -2.48. The van der Waals surface area contributed by atoms with Crippen molar-refractivity contribution in [3.05, 3.63) is 41.1 Å². The molecule has 0 saturated heterocycles. The van der Waals surface area contributed by atoms with Crippen molar-refractivity contribution in [1.29, 1.82) is 0 Å². The molecule has 0 amide bonds. The minimum absolute atomic E-state index is 0.349. The van der Waals surface area contributed by atoms with Gasteiger partial charge in [0.25, 0.3) is 0 Å².